The van der Waals surface area contributed by atoms with Gasteiger partial charge in [0.1, 0.15) is 0 Å². The highest BCUT2D eigenvalue weighted by Crippen LogP contribution is 2.40. The van der Waals surface area contributed by atoms with Gasteiger partial charge in [-0.1, -0.05) is 37.1 Å². The second-order valence-electron chi connectivity index (χ2n) is 5.77. The van der Waals surface area contributed by atoms with Crippen LogP contribution in [0, 0.1) is 0 Å². The Labute approximate surface area is 115 Å². The predicted octanol–water partition coefficient (Wildman–Crippen LogP) is 3.94. The number of rotatable bonds is 4. The van der Waals surface area contributed by atoms with E-state index in [2.05, 4.69) is 47.6 Å². The molecule has 0 spiro atoms. The van der Waals surface area contributed by atoms with Crippen LogP contribution in [0.3, 0.4) is 0 Å². The van der Waals surface area contributed by atoms with Crippen molar-refractivity contribution in [3.63, 3.8) is 0 Å². The first-order valence-electron chi connectivity index (χ1n) is 7.19. The summed E-state index contributed by atoms with van der Waals surface area (Å²) in [4.78, 5) is 0. The summed E-state index contributed by atoms with van der Waals surface area (Å²) in [6, 6.07) is 9.54. The number of hydrogen-bond acceptors (Lipinski definition) is 2. The molecule has 1 saturated carbocycles. The summed E-state index contributed by atoms with van der Waals surface area (Å²) in [5, 5.41) is 3.85. The third-order valence-corrected chi connectivity index (χ3v) is 6.17. The molecule has 18 heavy (non-hydrogen) atoms. The van der Waals surface area contributed by atoms with Gasteiger partial charge in [0.25, 0.3) is 0 Å². The van der Waals surface area contributed by atoms with Gasteiger partial charge in [-0.05, 0) is 43.1 Å². The van der Waals surface area contributed by atoms with Crippen LogP contribution in [0.15, 0.2) is 24.3 Å². The van der Waals surface area contributed by atoms with E-state index in [4.69, 9.17) is 0 Å². The molecule has 0 heterocycles. The molecule has 0 amide bonds. The lowest BCUT2D eigenvalue weighted by Crippen LogP contribution is -2.36. The fraction of sp³-hybridized carbons (Fsp3) is 0.625. The van der Waals surface area contributed by atoms with Crippen LogP contribution < -0.4 is 5.32 Å². The number of nitrogens with one attached hydrogen (secondary N) is 1. The van der Waals surface area contributed by atoms with E-state index in [0.717, 1.165) is 0 Å². The molecular formula is C16H23NS. The Morgan fingerprint density at radius 1 is 1.28 bits per heavy atom. The summed E-state index contributed by atoms with van der Waals surface area (Å²) in [5.74, 6) is 0. The van der Waals surface area contributed by atoms with Gasteiger partial charge in [-0.15, -0.1) is 0 Å². The van der Waals surface area contributed by atoms with Gasteiger partial charge >= 0.3 is 0 Å². The lowest BCUT2D eigenvalue weighted by molar-refractivity contribution is 0.465. The maximum absolute atomic E-state index is 3.85. The minimum atomic E-state index is 0.525. The fourth-order valence-corrected chi connectivity index (χ4v) is 4.48. The third-order valence-electron chi connectivity index (χ3n) is 4.75. The quantitative estimate of drug-likeness (QED) is 0.881. The average Bonchev–Trinajstić information content (AvgIpc) is 3.04. The third kappa shape index (κ3) is 2.33. The Morgan fingerprint density at radius 3 is 2.83 bits per heavy atom. The van der Waals surface area contributed by atoms with Crippen molar-refractivity contribution in [1.29, 1.82) is 0 Å². The SMILES string of the molecule is CSC1(CNC2CCc3ccccc32)CCCC1. The molecule has 1 fully saturated rings. The molecule has 0 aliphatic heterocycles. The lowest BCUT2D eigenvalue weighted by atomic mass is 10.0. The van der Waals surface area contributed by atoms with Crippen molar-refractivity contribution in [3.8, 4) is 0 Å². The minimum Gasteiger partial charge on any atom is -0.309 e. The van der Waals surface area contributed by atoms with Crippen LogP contribution in [-0.4, -0.2) is 17.5 Å². The molecule has 1 atom stereocenters. The van der Waals surface area contributed by atoms with E-state index in [1.807, 2.05) is 0 Å². The van der Waals surface area contributed by atoms with E-state index in [9.17, 15) is 0 Å². The number of hydrogen-bond donors (Lipinski definition) is 1. The minimum absolute atomic E-state index is 0.525. The molecule has 0 aromatic heterocycles. The maximum Gasteiger partial charge on any atom is 0.0326 e. The van der Waals surface area contributed by atoms with Crippen LogP contribution in [0.2, 0.25) is 0 Å². The Balaban J connectivity index is 1.65. The van der Waals surface area contributed by atoms with E-state index in [0.29, 0.717) is 10.8 Å². The molecule has 1 aromatic carbocycles. The first-order valence-corrected chi connectivity index (χ1v) is 8.42. The predicted molar refractivity (Wildman–Crippen MR) is 80.2 cm³/mol. The zero-order valence-corrected chi connectivity index (χ0v) is 12.1. The second-order valence-corrected chi connectivity index (χ2v) is 7.04. The summed E-state index contributed by atoms with van der Waals surface area (Å²) in [7, 11) is 0. The van der Waals surface area contributed by atoms with Gasteiger partial charge in [0.15, 0.2) is 0 Å². The van der Waals surface area contributed by atoms with Crippen molar-refractivity contribution in [3.05, 3.63) is 35.4 Å². The van der Waals surface area contributed by atoms with Crippen LogP contribution in [0.1, 0.15) is 49.3 Å². The topological polar surface area (TPSA) is 12.0 Å². The van der Waals surface area contributed by atoms with E-state index < -0.39 is 0 Å². The summed E-state index contributed by atoms with van der Waals surface area (Å²) < 4.78 is 0.525. The molecule has 1 aromatic rings. The maximum atomic E-state index is 3.85. The molecule has 3 rings (SSSR count). The zero-order valence-electron chi connectivity index (χ0n) is 11.2. The average molecular weight is 261 g/mol. The summed E-state index contributed by atoms with van der Waals surface area (Å²) in [6.45, 7) is 1.19. The number of aryl methyl sites for hydroxylation is 1. The van der Waals surface area contributed by atoms with Gasteiger partial charge in [0, 0.05) is 17.3 Å². The van der Waals surface area contributed by atoms with Crippen molar-refractivity contribution >= 4 is 11.8 Å². The Morgan fingerprint density at radius 2 is 2.06 bits per heavy atom. The highest BCUT2D eigenvalue weighted by Gasteiger charge is 2.34. The highest BCUT2D eigenvalue weighted by atomic mass is 32.2. The van der Waals surface area contributed by atoms with E-state index in [1.165, 1.54) is 45.1 Å². The Hall–Kier alpha value is -0.470. The molecule has 1 N–H and O–H groups in total. The first-order chi connectivity index (χ1) is 8.83. The molecule has 0 saturated heterocycles. The van der Waals surface area contributed by atoms with Crippen molar-refractivity contribution in [2.75, 3.05) is 12.8 Å². The molecule has 98 valence electrons. The van der Waals surface area contributed by atoms with Gasteiger partial charge in [-0.2, -0.15) is 11.8 Å². The van der Waals surface area contributed by atoms with E-state index in [-0.39, 0.29) is 0 Å². The molecule has 1 nitrogen and oxygen atoms in total. The summed E-state index contributed by atoms with van der Waals surface area (Å²) in [6.07, 6.45) is 10.5. The standard InChI is InChI=1S/C16H23NS/c1-18-16(10-4-5-11-16)12-17-15-9-8-13-6-2-3-7-14(13)15/h2-3,6-7,15,17H,4-5,8-12H2,1H3. The first kappa shape index (κ1) is 12.6. The number of benzene rings is 1. The normalized spacial score (nSPS) is 25.3. The van der Waals surface area contributed by atoms with Crippen molar-refractivity contribution in [1.82, 2.24) is 5.32 Å². The summed E-state index contributed by atoms with van der Waals surface area (Å²) in [5.41, 5.74) is 3.10. The Kier molecular flexibility index (Phi) is 3.67. The molecule has 2 aliphatic carbocycles. The smallest absolute Gasteiger partial charge is 0.0326 e. The molecule has 0 bridgehead atoms. The zero-order chi connectivity index (χ0) is 12.4. The monoisotopic (exact) mass is 261 g/mol. The van der Waals surface area contributed by atoms with Gasteiger partial charge < -0.3 is 5.32 Å². The van der Waals surface area contributed by atoms with Crippen molar-refractivity contribution in [2.45, 2.75) is 49.3 Å². The van der Waals surface area contributed by atoms with Gasteiger partial charge in [-0.25, -0.2) is 0 Å². The van der Waals surface area contributed by atoms with Crippen LogP contribution in [0.25, 0.3) is 0 Å². The molecule has 2 aliphatic rings. The van der Waals surface area contributed by atoms with Crippen molar-refractivity contribution < 1.29 is 0 Å². The van der Waals surface area contributed by atoms with Crippen LogP contribution in [0.5, 0.6) is 0 Å². The molecular weight excluding hydrogens is 238 g/mol. The van der Waals surface area contributed by atoms with E-state index in [1.54, 1.807) is 11.1 Å². The van der Waals surface area contributed by atoms with E-state index >= 15 is 0 Å². The largest absolute Gasteiger partial charge is 0.309 e. The van der Waals surface area contributed by atoms with Gasteiger partial charge in [-0.3, -0.25) is 0 Å². The lowest BCUT2D eigenvalue weighted by Gasteiger charge is -2.29. The second kappa shape index (κ2) is 5.26. The number of thioether (sulfide) groups is 1. The van der Waals surface area contributed by atoms with Crippen molar-refractivity contribution in [2.24, 2.45) is 0 Å². The van der Waals surface area contributed by atoms with Crippen LogP contribution >= 0.6 is 11.8 Å². The Bertz CT molecular complexity index is 409. The number of fused-ring (bicyclic) bond motifs is 1. The summed E-state index contributed by atoms with van der Waals surface area (Å²) >= 11 is 2.08. The van der Waals surface area contributed by atoms with Crippen LogP contribution in [0.4, 0.5) is 0 Å². The molecule has 1 unspecified atom stereocenters. The highest BCUT2D eigenvalue weighted by molar-refractivity contribution is 8.00. The molecule has 2 heteroatoms. The molecule has 0 radical (unpaired) electrons. The van der Waals surface area contributed by atoms with Gasteiger partial charge in [0.2, 0.25) is 0 Å². The van der Waals surface area contributed by atoms with Crippen LogP contribution in [-0.2, 0) is 6.42 Å². The van der Waals surface area contributed by atoms with Gasteiger partial charge in [0.05, 0.1) is 0 Å². The fourth-order valence-electron chi connectivity index (χ4n) is 3.55.